The molecule has 3 aromatic carbocycles. The van der Waals surface area contributed by atoms with Crippen molar-refractivity contribution in [2.75, 3.05) is 5.32 Å². The first-order valence-corrected chi connectivity index (χ1v) is 10.4. The van der Waals surface area contributed by atoms with Crippen molar-refractivity contribution >= 4 is 35.0 Å². The third-order valence-corrected chi connectivity index (χ3v) is 5.49. The highest BCUT2D eigenvalue weighted by atomic mass is 35.5. The van der Waals surface area contributed by atoms with E-state index < -0.39 is 0 Å². The van der Waals surface area contributed by atoms with E-state index in [1.807, 2.05) is 54.6 Å². The maximum atomic E-state index is 12.7. The van der Waals surface area contributed by atoms with Gasteiger partial charge in [0.05, 0.1) is 5.69 Å². The van der Waals surface area contributed by atoms with Crippen molar-refractivity contribution in [3.05, 3.63) is 102 Å². The summed E-state index contributed by atoms with van der Waals surface area (Å²) in [4.78, 5) is 14.8. The molecule has 5 nitrogen and oxygen atoms in total. The summed E-state index contributed by atoms with van der Waals surface area (Å²) in [5.41, 5.74) is 1.05. The molecule has 0 spiro atoms. The van der Waals surface area contributed by atoms with Crippen molar-refractivity contribution in [1.82, 2.24) is 9.78 Å². The van der Waals surface area contributed by atoms with Gasteiger partial charge in [-0.25, -0.2) is 4.68 Å². The van der Waals surface area contributed by atoms with Gasteiger partial charge in [-0.2, -0.15) is 5.10 Å². The van der Waals surface area contributed by atoms with Crippen LogP contribution in [0, 0.1) is 0 Å². The standard InChI is InChI=1S/C23H18ClN3O2S/c24-17-10-12-18(13-11-17)29-16-27-15-14-21(26-27)23(28)25-20-8-4-5-9-22(20)30-19-6-2-1-3-7-19/h1-15H,16H2,(H,25,28). The van der Waals surface area contributed by atoms with Gasteiger partial charge in [0, 0.05) is 21.0 Å². The summed E-state index contributed by atoms with van der Waals surface area (Å²) in [6, 6.07) is 26.4. The number of para-hydroxylation sites is 1. The molecular weight excluding hydrogens is 418 g/mol. The van der Waals surface area contributed by atoms with Gasteiger partial charge in [0.25, 0.3) is 5.91 Å². The highest BCUT2D eigenvalue weighted by molar-refractivity contribution is 7.99. The van der Waals surface area contributed by atoms with Crippen molar-refractivity contribution in [2.45, 2.75) is 16.5 Å². The summed E-state index contributed by atoms with van der Waals surface area (Å²) in [5, 5.41) is 7.89. The molecular formula is C23H18ClN3O2S. The Morgan fingerprint density at radius 3 is 2.50 bits per heavy atom. The summed E-state index contributed by atoms with van der Waals surface area (Å²) < 4.78 is 7.21. The number of carbonyl (C=O) groups is 1. The van der Waals surface area contributed by atoms with Gasteiger partial charge in [0.1, 0.15) is 5.75 Å². The summed E-state index contributed by atoms with van der Waals surface area (Å²) in [6.07, 6.45) is 1.70. The molecule has 1 N–H and O–H groups in total. The fourth-order valence-electron chi connectivity index (χ4n) is 2.69. The fourth-order valence-corrected chi connectivity index (χ4v) is 3.74. The van der Waals surface area contributed by atoms with Gasteiger partial charge in [-0.05, 0) is 54.6 Å². The predicted octanol–water partition coefficient (Wildman–Crippen LogP) is 5.98. The second-order valence-corrected chi connectivity index (χ2v) is 7.88. The number of hydrogen-bond donors (Lipinski definition) is 1. The zero-order valence-electron chi connectivity index (χ0n) is 15.9. The molecule has 0 saturated heterocycles. The first kappa shape index (κ1) is 20.1. The molecule has 1 aromatic heterocycles. The summed E-state index contributed by atoms with van der Waals surface area (Å²) in [7, 11) is 0. The molecule has 0 radical (unpaired) electrons. The Morgan fingerprint density at radius 1 is 0.967 bits per heavy atom. The molecule has 1 amide bonds. The molecule has 0 unspecified atom stereocenters. The lowest BCUT2D eigenvalue weighted by atomic mass is 10.3. The lowest BCUT2D eigenvalue weighted by Gasteiger charge is -2.10. The van der Waals surface area contributed by atoms with E-state index in [9.17, 15) is 4.79 Å². The third-order valence-electron chi connectivity index (χ3n) is 4.16. The van der Waals surface area contributed by atoms with Gasteiger partial charge < -0.3 is 10.1 Å². The van der Waals surface area contributed by atoms with Crippen molar-refractivity contribution < 1.29 is 9.53 Å². The van der Waals surface area contributed by atoms with Crippen molar-refractivity contribution in [3.8, 4) is 5.75 Å². The predicted molar refractivity (Wildman–Crippen MR) is 119 cm³/mol. The molecule has 4 aromatic rings. The van der Waals surface area contributed by atoms with E-state index in [2.05, 4.69) is 10.4 Å². The molecule has 30 heavy (non-hydrogen) atoms. The minimum atomic E-state index is -0.277. The first-order valence-electron chi connectivity index (χ1n) is 9.22. The molecule has 0 atom stereocenters. The lowest BCUT2D eigenvalue weighted by Crippen LogP contribution is -2.14. The molecule has 0 bridgehead atoms. The molecule has 0 saturated carbocycles. The number of hydrogen-bond acceptors (Lipinski definition) is 4. The first-order chi connectivity index (χ1) is 14.7. The summed E-state index contributed by atoms with van der Waals surface area (Å²) in [5.74, 6) is 0.397. The second kappa shape index (κ2) is 9.52. The van der Waals surface area contributed by atoms with Crippen LogP contribution in [0.3, 0.4) is 0 Å². The number of nitrogens with zero attached hydrogens (tertiary/aromatic N) is 2. The molecule has 4 rings (SSSR count). The molecule has 150 valence electrons. The van der Waals surface area contributed by atoms with Gasteiger partial charge in [-0.3, -0.25) is 4.79 Å². The Balaban J connectivity index is 1.40. The van der Waals surface area contributed by atoms with Crippen LogP contribution in [-0.2, 0) is 6.73 Å². The minimum absolute atomic E-state index is 0.190. The number of halogens is 1. The lowest BCUT2D eigenvalue weighted by molar-refractivity contribution is 0.102. The Hall–Kier alpha value is -3.22. The number of rotatable bonds is 7. The topological polar surface area (TPSA) is 56.2 Å². The van der Waals surface area contributed by atoms with Crippen LogP contribution in [0.1, 0.15) is 10.5 Å². The zero-order chi connectivity index (χ0) is 20.8. The van der Waals surface area contributed by atoms with E-state index in [4.69, 9.17) is 16.3 Å². The maximum Gasteiger partial charge on any atom is 0.276 e. The highest BCUT2D eigenvalue weighted by Crippen LogP contribution is 2.33. The van der Waals surface area contributed by atoms with Gasteiger partial charge in [-0.1, -0.05) is 53.7 Å². The Bertz CT molecular complexity index is 1130. The van der Waals surface area contributed by atoms with Crippen LogP contribution in [0.2, 0.25) is 5.02 Å². The van der Waals surface area contributed by atoms with Crippen LogP contribution < -0.4 is 10.1 Å². The van der Waals surface area contributed by atoms with Crippen molar-refractivity contribution in [1.29, 1.82) is 0 Å². The monoisotopic (exact) mass is 435 g/mol. The van der Waals surface area contributed by atoms with E-state index >= 15 is 0 Å². The van der Waals surface area contributed by atoms with Crippen LogP contribution in [-0.4, -0.2) is 15.7 Å². The highest BCUT2D eigenvalue weighted by Gasteiger charge is 2.13. The van der Waals surface area contributed by atoms with Crippen LogP contribution in [0.15, 0.2) is 101 Å². The van der Waals surface area contributed by atoms with E-state index in [1.165, 1.54) is 0 Å². The molecule has 1 heterocycles. The largest absolute Gasteiger partial charge is 0.471 e. The van der Waals surface area contributed by atoms with E-state index in [1.54, 1.807) is 53.0 Å². The van der Waals surface area contributed by atoms with Gasteiger partial charge in [0.2, 0.25) is 0 Å². The summed E-state index contributed by atoms with van der Waals surface area (Å²) >= 11 is 7.46. The average molecular weight is 436 g/mol. The fraction of sp³-hybridized carbons (Fsp3) is 0.0435. The number of carbonyl (C=O) groups excluding carboxylic acids is 1. The SMILES string of the molecule is O=C(Nc1ccccc1Sc1ccccc1)c1ccn(COc2ccc(Cl)cc2)n1. The van der Waals surface area contributed by atoms with Crippen LogP contribution in [0.25, 0.3) is 0 Å². The van der Waals surface area contributed by atoms with Crippen LogP contribution in [0.4, 0.5) is 5.69 Å². The van der Waals surface area contributed by atoms with Gasteiger partial charge in [0.15, 0.2) is 12.4 Å². The van der Waals surface area contributed by atoms with Crippen LogP contribution >= 0.6 is 23.4 Å². The van der Waals surface area contributed by atoms with Crippen LogP contribution in [0.5, 0.6) is 5.75 Å². The molecule has 0 aliphatic rings. The summed E-state index contributed by atoms with van der Waals surface area (Å²) in [6.45, 7) is 0.190. The normalized spacial score (nSPS) is 10.6. The number of ether oxygens (including phenoxy) is 1. The maximum absolute atomic E-state index is 12.7. The number of aromatic nitrogens is 2. The molecule has 0 aliphatic carbocycles. The van der Waals surface area contributed by atoms with Crippen molar-refractivity contribution in [2.24, 2.45) is 0 Å². The van der Waals surface area contributed by atoms with Gasteiger partial charge >= 0.3 is 0 Å². The van der Waals surface area contributed by atoms with E-state index in [0.29, 0.717) is 16.5 Å². The second-order valence-electron chi connectivity index (χ2n) is 6.33. The minimum Gasteiger partial charge on any atom is -0.471 e. The Labute approximate surface area is 183 Å². The zero-order valence-corrected chi connectivity index (χ0v) is 17.4. The molecule has 7 heteroatoms. The van der Waals surface area contributed by atoms with E-state index in [-0.39, 0.29) is 12.6 Å². The number of nitrogens with one attached hydrogen (secondary N) is 1. The molecule has 0 fully saturated rings. The number of anilines is 1. The molecule has 0 aliphatic heterocycles. The third kappa shape index (κ3) is 5.23. The van der Waals surface area contributed by atoms with Gasteiger partial charge in [-0.15, -0.1) is 0 Å². The van der Waals surface area contributed by atoms with E-state index in [0.717, 1.165) is 15.5 Å². The smallest absolute Gasteiger partial charge is 0.276 e. The number of benzene rings is 3. The number of amides is 1. The quantitative estimate of drug-likeness (QED) is 0.388. The Kier molecular flexibility index (Phi) is 6.37. The Morgan fingerprint density at radius 2 is 1.70 bits per heavy atom. The van der Waals surface area contributed by atoms with Crippen molar-refractivity contribution in [3.63, 3.8) is 0 Å². The average Bonchev–Trinajstić information content (AvgIpc) is 3.25.